The summed E-state index contributed by atoms with van der Waals surface area (Å²) in [6, 6.07) is 0. The van der Waals surface area contributed by atoms with Crippen molar-refractivity contribution in [1.29, 1.82) is 0 Å². The second kappa shape index (κ2) is 6.00. The summed E-state index contributed by atoms with van der Waals surface area (Å²) in [6.45, 7) is 4.07. The largest absolute Gasteiger partial charge is 0.326 e. The predicted octanol–water partition coefficient (Wildman–Crippen LogP) is 0.463. The Bertz CT molecular complexity index is 689. The lowest BCUT2D eigenvalue weighted by Crippen LogP contribution is -2.27. The van der Waals surface area contributed by atoms with Gasteiger partial charge in [0.1, 0.15) is 0 Å². The first-order valence-electron chi connectivity index (χ1n) is 6.08. The Morgan fingerprint density at radius 2 is 2.20 bits per heavy atom. The van der Waals surface area contributed by atoms with Gasteiger partial charge in [-0.1, -0.05) is 0 Å². The summed E-state index contributed by atoms with van der Waals surface area (Å²) < 4.78 is 26.8. The van der Waals surface area contributed by atoms with E-state index in [-0.39, 0.29) is 18.1 Å². The molecule has 20 heavy (non-hydrogen) atoms. The van der Waals surface area contributed by atoms with Crippen molar-refractivity contribution in [1.82, 2.24) is 19.9 Å². The van der Waals surface area contributed by atoms with Gasteiger partial charge < -0.3 is 5.73 Å². The van der Waals surface area contributed by atoms with Gasteiger partial charge in [0.15, 0.2) is 5.03 Å². The van der Waals surface area contributed by atoms with Crippen LogP contribution in [0.2, 0.25) is 0 Å². The SMILES string of the molecule is Cc1nc(CCNS(=O)(=O)c2n[nH]c(C)c2CN)cs1. The van der Waals surface area contributed by atoms with Crippen molar-refractivity contribution in [3.8, 4) is 0 Å². The third kappa shape index (κ3) is 3.23. The topological polar surface area (TPSA) is 114 Å². The molecule has 0 atom stereocenters. The molecule has 2 aromatic heterocycles. The van der Waals surface area contributed by atoms with Crippen LogP contribution >= 0.6 is 11.3 Å². The van der Waals surface area contributed by atoms with Crippen LogP contribution in [0.25, 0.3) is 0 Å². The van der Waals surface area contributed by atoms with E-state index in [1.165, 1.54) is 0 Å². The summed E-state index contributed by atoms with van der Waals surface area (Å²) in [7, 11) is -3.64. The number of hydrogen-bond donors (Lipinski definition) is 3. The molecule has 7 nitrogen and oxygen atoms in total. The molecule has 0 aliphatic carbocycles. The molecule has 110 valence electrons. The van der Waals surface area contributed by atoms with Gasteiger partial charge >= 0.3 is 0 Å². The third-order valence-corrected chi connectivity index (χ3v) is 5.09. The van der Waals surface area contributed by atoms with E-state index >= 15 is 0 Å². The number of H-pyrrole nitrogens is 1. The summed E-state index contributed by atoms with van der Waals surface area (Å²) in [6.07, 6.45) is 0.547. The van der Waals surface area contributed by atoms with Gasteiger partial charge in [-0.25, -0.2) is 18.1 Å². The summed E-state index contributed by atoms with van der Waals surface area (Å²) in [5.74, 6) is 0. The first kappa shape index (κ1) is 15.1. The number of thiazole rings is 1. The van der Waals surface area contributed by atoms with Crippen molar-refractivity contribution in [2.24, 2.45) is 5.73 Å². The highest BCUT2D eigenvalue weighted by atomic mass is 32.2. The van der Waals surface area contributed by atoms with E-state index < -0.39 is 10.0 Å². The number of nitrogens with one attached hydrogen (secondary N) is 2. The van der Waals surface area contributed by atoms with E-state index in [9.17, 15) is 8.42 Å². The number of nitrogens with two attached hydrogens (primary N) is 1. The maximum atomic E-state index is 12.2. The van der Waals surface area contributed by atoms with E-state index in [4.69, 9.17) is 5.73 Å². The molecular formula is C11H17N5O2S2. The molecule has 9 heteroatoms. The lowest BCUT2D eigenvalue weighted by Gasteiger charge is -2.05. The fourth-order valence-corrected chi connectivity index (χ4v) is 3.68. The zero-order valence-electron chi connectivity index (χ0n) is 11.3. The Hall–Kier alpha value is -1.29. The number of sulfonamides is 1. The highest BCUT2D eigenvalue weighted by molar-refractivity contribution is 7.89. The molecule has 2 rings (SSSR count). The van der Waals surface area contributed by atoms with Crippen LogP contribution in [0.5, 0.6) is 0 Å². The molecule has 2 aromatic rings. The smallest absolute Gasteiger partial charge is 0.260 e. The van der Waals surface area contributed by atoms with Gasteiger partial charge in [-0.3, -0.25) is 5.10 Å². The maximum absolute atomic E-state index is 12.2. The standard InChI is InChI=1S/C11H17N5O2S2/c1-7-10(5-12)11(16-15-7)20(17,18)13-4-3-9-6-19-8(2)14-9/h6,13H,3-5,12H2,1-2H3,(H,15,16). The molecular weight excluding hydrogens is 298 g/mol. The van der Waals surface area contributed by atoms with E-state index in [1.54, 1.807) is 18.3 Å². The monoisotopic (exact) mass is 315 g/mol. The quantitative estimate of drug-likeness (QED) is 0.716. The summed E-state index contributed by atoms with van der Waals surface area (Å²) in [5, 5.41) is 9.34. The molecule has 0 aliphatic rings. The molecule has 0 amide bonds. The highest BCUT2D eigenvalue weighted by Gasteiger charge is 2.22. The van der Waals surface area contributed by atoms with Crippen LogP contribution in [0.15, 0.2) is 10.4 Å². The average Bonchev–Trinajstić information content (AvgIpc) is 2.95. The number of aryl methyl sites for hydroxylation is 2. The van der Waals surface area contributed by atoms with E-state index in [0.29, 0.717) is 17.7 Å². The Labute approximate surface area is 121 Å². The Balaban J connectivity index is 2.04. The number of nitrogens with zero attached hydrogens (tertiary/aromatic N) is 2. The second-order valence-corrected chi connectivity index (χ2v) is 7.09. The number of hydrogen-bond acceptors (Lipinski definition) is 6. The fraction of sp³-hybridized carbons (Fsp3) is 0.455. The third-order valence-electron chi connectivity index (χ3n) is 2.83. The molecule has 4 N–H and O–H groups in total. The Morgan fingerprint density at radius 1 is 1.45 bits per heavy atom. The minimum absolute atomic E-state index is 0.0213. The zero-order chi connectivity index (χ0) is 14.8. The van der Waals surface area contributed by atoms with Crippen molar-refractivity contribution >= 4 is 21.4 Å². The van der Waals surface area contributed by atoms with Crippen molar-refractivity contribution in [2.75, 3.05) is 6.54 Å². The van der Waals surface area contributed by atoms with Gasteiger partial charge in [0.25, 0.3) is 10.0 Å². The zero-order valence-corrected chi connectivity index (χ0v) is 12.9. The molecule has 0 unspecified atom stereocenters. The maximum Gasteiger partial charge on any atom is 0.260 e. The van der Waals surface area contributed by atoms with Gasteiger partial charge in [-0.05, 0) is 13.8 Å². The normalized spacial score (nSPS) is 11.9. The van der Waals surface area contributed by atoms with E-state index in [1.807, 2.05) is 12.3 Å². The minimum Gasteiger partial charge on any atom is -0.326 e. The summed E-state index contributed by atoms with van der Waals surface area (Å²) in [5.41, 5.74) is 7.62. The van der Waals surface area contributed by atoms with Gasteiger partial charge in [0.05, 0.1) is 10.7 Å². The second-order valence-electron chi connectivity index (χ2n) is 4.34. The lowest BCUT2D eigenvalue weighted by atomic mass is 10.3. The van der Waals surface area contributed by atoms with Gasteiger partial charge in [-0.2, -0.15) is 5.10 Å². The van der Waals surface area contributed by atoms with Crippen molar-refractivity contribution < 1.29 is 8.42 Å². The molecule has 0 saturated carbocycles. The predicted molar refractivity (Wildman–Crippen MR) is 77.0 cm³/mol. The lowest BCUT2D eigenvalue weighted by molar-refractivity contribution is 0.575. The van der Waals surface area contributed by atoms with Gasteiger partial charge in [0, 0.05) is 36.1 Å². The van der Waals surface area contributed by atoms with Crippen LogP contribution in [0.1, 0.15) is 22.0 Å². The molecule has 0 fully saturated rings. The molecule has 2 heterocycles. The minimum atomic E-state index is -3.64. The Kier molecular flexibility index (Phi) is 4.53. The van der Waals surface area contributed by atoms with Crippen LogP contribution in [0, 0.1) is 13.8 Å². The summed E-state index contributed by atoms with van der Waals surface area (Å²) in [4.78, 5) is 4.28. The number of rotatable bonds is 6. The number of aromatic nitrogens is 3. The van der Waals surface area contributed by atoms with Crippen molar-refractivity contribution in [2.45, 2.75) is 31.8 Å². The molecule has 0 aromatic carbocycles. The molecule has 0 saturated heterocycles. The van der Waals surface area contributed by atoms with Crippen LogP contribution in [-0.2, 0) is 23.0 Å². The van der Waals surface area contributed by atoms with E-state index in [0.717, 1.165) is 10.7 Å². The number of aromatic amines is 1. The first-order valence-corrected chi connectivity index (χ1v) is 8.45. The van der Waals surface area contributed by atoms with E-state index in [2.05, 4.69) is 19.9 Å². The van der Waals surface area contributed by atoms with Crippen LogP contribution < -0.4 is 10.5 Å². The molecule has 0 radical (unpaired) electrons. The van der Waals surface area contributed by atoms with Gasteiger partial charge in [-0.15, -0.1) is 11.3 Å². The molecule has 0 aliphatic heterocycles. The van der Waals surface area contributed by atoms with Crippen LogP contribution in [0.4, 0.5) is 0 Å². The highest BCUT2D eigenvalue weighted by Crippen LogP contribution is 2.15. The average molecular weight is 315 g/mol. The van der Waals surface area contributed by atoms with Crippen molar-refractivity contribution in [3.63, 3.8) is 0 Å². The van der Waals surface area contributed by atoms with Crippen molar-refractivity contribution in [3.05, 3.63) is 27.3 Å². The van der Waals surface area contributed by atoms with Gasteiger partial charge in [0.2, 0.25) is 0 Å². The first-order chi connectivity index (χ1) is 9.44. The van der Waals surface area contributed by atoms with Crippen LogP contribution in [0.3, 0.4) is 0 Å². The molecule has 0 bridgehead atoms. The summed E-state index contributed by atoms with van der Waals surface area (Å²) >= 11 is 1.55. The fourth-order valence-electron chi connectivity index (χ4n) is 1.80. The van der Waals surface area contributed by atoms with Crippen LogP contribution in [-0.4, -0.2) is 30.1 Å². The Morgan fingerprint density at radius 3 is 2.80 bits per heavy atom. The molecule has 0 spiro atoms.